The molecule has 3 rings (SSSR count). The molecule has 5 heteroatoms. The Hall–Kier alpha value is -1.46. The predicted octanol–water partition coefficient (Wildman–Crippen LogP) is 1.76. The molecule has 1 N–H and O–H groups in total. The molecule has 2 aliphatic rings. The van der Waals surface area contributed by atoms with Crippen LogP contribution in [0, 0.1) is 0 Å². The molecule has 1 aromatic rings. The average molecular weight is 289 g/mol. The third kappa shape index (κ3) is 3.41. The summed E-state index contributed by atoms with van der Waals surface area (Å²) in [6.45, 7) is 2.58. The molecule has 2 fully saturated rings. The zero-order chi connectivity index (χ0) is 14.7. The monoisotopic (exact) mass is 289 g/mol. The van der Waals surface area contributed by atoms with Crippen LogP contribution in [-0.4, -0.2) is 48.6 Å². The largest absolute Gasteiger partial charge is 0.381 e. The van der Waals surface area contributed by atoms with Crippen molar-refractivity contribution in [2.24, 2.45) is 0 Å². The minimum atomic E-state index is -0.0654. The highest BCUT2D eigenvalue weighted by Gasteiger charge is 2.24. The van der Waals surface area contributed by atoms with E-state index in [2.05, 4.69) is 22.2 Å². The quantitative estimate of drug-likeness (QED) is 0.921. The maximum absolute atomic E-state index is 12.3. The van der Waals surface area contributed by atoms with Crippen molar-refractivity contribution < 1.29 is 9.53 Å². The molecule has 1 amide bonds. The lowest BCUT2D eigenvalue weighted by Gasteiger charge is -2.23. The Morgan fingerprint density at radius 3 is 2.90 bits per heavy atom. The van der Waals surface area contributed by atoms with Gasteiger partial charge in [0.1, 0.15) is 5.69 Å². The van der Waals surface area contributed by atoms with E-state index in [0.29, 0.717) is 11.7 Å². The summed E-state index contributed by atoms with van der Waals surface area (Å²) in [6, 6.07) is 4.60. The number of aromatic nitrogens is 1. The van der Waals surface area contributed by atoms with Crippen molar-refractivity contribution in [2.75, 3.05) is 26.8 Å². The first-order chi connectivity index (χ1) is 10.2. The summed E-state index contributed by atoms with van der Waals surface area (Å²) in [5.41, 5.74) is 1.72. The third-order valence-corrected chi connectivity index (χ3v) is 4.48. The Bertz CT molecular complexity index is 500. The van der Waals surface area contributed by atoms with Crippen LogP contribution in [0.3, 0.4) is 0 Å². The topological polar surface area (TPSA) is 54.5 Å². The van der Waals surface area contributed by atoms with Gasteiger partial charge in [-0.2, -0.15) is 0 Å². The fourth-order valence-corrected chi connectivity index (χ4v) is 3.21. The highest BCUT2D eigenvalue weighted by atomic mass is 16.5. The van der Waals surface area contributed by atoms with Crippen LogP contribution in [0.1, 0.15) is 47.8 Å². The maximum Gasteiger partial charge on any atom is 0.270 e. The van der Waals surface area contributed by atoms with Crippen molar-refractivity contribution in [2.45, 2.75) is 37.8 Å². The van der Waals surface area contributed by atoms with Gasteiger partial charge in [-0.05, 0) is 57.0 Å². The van der Waals surface area contributed by atoms with Gasteiger partial charge in [0.25, 0.3) is 5.91 Å². The van der Waals surface area contributed by atoms with E-state index in [-0.39, 0.29) is 11.9 Å². The molecule has 2 aliphatic heterocycles. The number of nitrogens with zero attached hydrogens (tertiary/aromatic N) is 2. The van der Waals surface area contributed by atoms with Gasteiger partial charge >= 0.3 is 0 Å². The number of likely N-dealkylation sites (tertiary alicyclic amines) is 1. The molecule has 0 bridgehead atoms. The van der Waals surface area contributed by atoms with Crippen LogP contribution in [0.4, 0.5) is 0 Å². The summed E-state index contributed by atoms with van der Waals surface area (Å²) < 4.78 is 5.31. The summed E-state index contributed by atoms with van der Waals surface area (Å²) >= 11 is 0. The molecule has 1 aromatic heterocycles. The summed E-state index contributed by atoms with van der Waals surface area (Å²) in [5, 5.41) is 3.07. The SMILES string of the molecule is CN1CCCC1c1ccnc(C(=O)NC2CCOCC2)c1. The smallest absolute Gasteiger partial charge is 0.270 e. The summed E-state index contributed by atoms with van der Waals surface area (Å²) in [5.74, 6) is -0.0654. The van der Waals surface area contributed by atoms with Crippen LogP contribution in [0.15, 0.2) is 18.3 Å². The number of nitrogens with one attached hydrogen (secondary N) is 1. The van der Waals surface area contributed by atoms with Gasteiger partial charge in [0, 0.05) is 31.5 Å². The van der Waals surface area contributed by atoms with Crippen molar-refractivity contribution in [3.05, 3.63) is 29.6 Å². The fraction of sp³-hybridized carbons (Fsp3) is 0.625. The number of hydrogen-bond acceptors (Lipinski definition) is 4. The van der Waals surface area contributed by atoms with Gasteiger partial charge in [-0.15, -0.1) is 0 Å². The molecule has 2 saturated heterocycles. The molecule has 1 atom stereocenters. The van der Waals surface area contributed by atoms with E-state index in [1.807, 2.05) is 12.1 Å². The number of hydrogen-bond donors (Lipinski definition) is 1. The number of rotatable bonds is 3. The number of carbonyl (C=O) groups is 1. The summed E-state index contributed by atoms with van der Waals surface area (Å²) in [7, 11) is 2.14. The van der Waals surface area contributed by atoms with E-state index in [9.17, 15) is 4.79 Å². The lowest BCUT2D eigenvalue weighted by Crippen LogP contribution is -2.39. The molecule has 21 heavy (non-hydrogen) atoms. The van der Waals surface area contributed by atoms with Gasteiger partial charge in [0.15, 0.2) is 0 Å². The number of pyridine rings is 1. The Balaban J connectivity index is 1.68. The van der Waals surface area contributed by atoms with Crippen molar-refractivity contribution in [1.29, 1.82) is 0 Å². The summed E-state index contributed by atoms with van der Waals surface area (Å²) in [6.07, 6.45) is 5.89. The van der Waals surface area contributed by atoms with E-state index in [0.717, 1.165) is 39.0 Å². The van der Waals surface area contributed by atoms with Crippen molar-refractivity contribution in [3.63, 3.8) is 0 Å². The Labute approximate surface area is 125 Å². The second-order valence-corrected chi connectivity index (χ2v) is 5.97. The van der Waals surface area contributed by atoms with Crippen LogP contribution in [0.2, 0.25) is 0 Å². The van der Waals surface area contributed by atoms with Gasteiger partial charge in [0.2, 0.25) is 0 Å². The first-order valence-electron chi connectivity index (χ1n) is 7.79. The first kappa shape index (κ1) is 14.5. The molecule has 0 aromatic carbocycles. The van der Waals surface area contributed by atoms with Crippen LogP contribution in [0.5, 0.6) is 0 Å². The highest BCUT2D eigenvalue weighted by molar-refractivity contribution is 5.92. The van der Waals surface area contributed by atoms with E-state index in [1.165, 1.54) is 12.0 Å². The molecule has 3 heterocycles. The van der Waals surface area contributed by atoms with Crippen LogP contribution in [-0.2, 0) is 4.74 Å². The molecule has 114 valence electrons. The number of ether oxygens (including phenoxy) is 1. The minimum Gasteiger partial charge on any atom is -0.381 e. The van der Waals surface area contributed by atoms with Gasteiger partial charge in [-0.1, -0.05) is 0 Å². The minimum absolute atomic E-state index is 0.0654. The highest BCUT2D eigenvalue weighted by Crippen LogP contribution is 2.30. The zero-order valence-electron chi connectivity index (χ0n) is 12.5. The maximum atomic E-state index is 12.3. The van der Waals surface area contributed by atoms with Crippen LogP contribution in [0.25, 0.3) is 0 Å². The van der Waals surface area contributed by atoms with Crippen LogP contribution < -0.4 is 5.32 Å². The van der Waals surface area contributed by atoms with E-state index in [4.69, 9.17) is 4.74 Å². The Kier molecular flexibility index (Phi) is 4.51. The second-order valence-electron chi connectivity index (χ2n) is 5.97. The molecule has 0 aliphatic carbocycles. The lowest BCUT2D eigenvalue weighted by molar-refractivity contribution is 0.0694. The first-order valence-corrected chi connectivity index (χ1v) is 7.79. The predicted molar refractivity (Wildman–Crippen MR) is 80.1 cm³/mol. The van der Waals surface area contributed by atoms with E-state index >= 15 is 0 Å². The van der Waals surface area contributed by atoms with Gasteiger partial charge in [0.05, 0.1) is 0 Å². The number of amides is 1. The van der Waals surface area contributed by atoms with Gasteiger partial charge < -0.3 is 10.1 Å². The molecule has 5 nitrogen and oxygen atoms in total. The fourth-order valence-electron chi connectivity index (χ4n) is 3.21. The van der Waals surface area contributed by atoms with Crippen molar-refractivity contribution >= 4 is 5.91 Å². The van der Waals surface area contributed by atoms with E-state index < -0.39 is 0 Å². The molecule has 1 unspecified atom stereocenters. The Morgan fingerprint density at radius 1 is 1.38 bits per heavy atom. The van der Waals surface area contributed by atoms with Gasteiger partial charge in [-0.3, -0.25) is 14.7 Å². The molecule has 0 radical (unpaired) electrons. The molecule has 0 spiro atoms. The normalized spacial score (nSPS) is 24.1. The third-order valence-electron chi connectivity index (χ3n) is 4.48. The zero-order valence-corrected chi connectivity index (χ0v) is 12.5. The number of carbonyl (C=O) groups excluding carboxylic acids is 1. The second kappa shape index (κ2) is 6.54. The molecule has 0 saturated carbocycles. The Morgan fingerprint density at radius 2 is 2.19 bits per heavy atom. The molecular weight excluding hydrogens is 266 g/mol. The standard InChI is InChI=1S/C16H23N3O2/c1-19-8-2-3-15(19)12-4-7-17-14(11-12)16(20)18-13-5-9-21-10-6-13/h4,7,11,13,15H,2-3,5-6,8-10H2,1H3,(H,18,20). The van der Waals surface area contributed by atoms with E-state index in [1.54, 1.807) is 6.20 Å². The average Bonchev–Trinajstić information content (AvgIpc) is 2.94. The lowest BCUT2D eigenvalue weighted by atomic mass is 10.0. The van der Waals surface area contributed by atoms with Crippen molar-refractivity contribution in [3.8, 4) is 0 Å². The van der Waals surface area contributed by atoms with Gasteiger partial charge in [-0.25, -0.2) is 0 Å². The molecular formula is C16H23N3O2. The van der Waals surface area contributed by atoms with Crippen molar-refractivity contribution in [1.82, 2.24) is 15.2 Å². The van der Waals surface area contributed by atoms with Crippen LogP contribution >= 0.6 is 0 Å². The summed E-state index contributed by atoms with van der Waals surface area (Å²) in [4.78, 5) is 18.9.